The minimum atomic E-state index is -0.631. The summed E-state index contributed by atoms with van der Waals surface area (Å²) in [5.41, 5.74) is 9.07. The van der Waals surface area contributed by atoms with Crippen LogP contribution in [0, 0.1) is 0 Å². The van der Waals surface area contributed by atoms with E-state index in [1.807, 2.05) is 12.1 Å². The fourth-order valence-corrected chi connectivity index (χ4v) is 6.40. The van der Waals surface area contributed by atoms with E-state index in [4.69, 9.17) is 18.9 Å². The van der Waals surface area contributed by atoms with Gasteiger partial charge in [0, 0.05) is 11.1 Å². The van der Waals surface area contributed by atoms with Crippen LogP contribution in [0.1, 0.15) is 73.9 Å². The molecule has 0 bridgehead atoms. The van der Waals surface area contributed by atoms with Gasteiger partial charge in [0.15, 0.2) is 0 Å². The Labute approximate surface area is 277 Å². The summed E-state index contributed by atoms with van der Waals surface area (Å²) < 4.78 is 22.5. The van der Waals surface area contributed by atoms with Crippen LogP contribution in [-0.2, 0) is 37.3 Å². The Kier molecular flexibility index (Phi) is 10.3. The summed E-state index contributed by atoms with van der Waals surface area (Å²) in [6.45, 7) is 14.4. The molecule has 1 aliphatic rings. The average molecular weight is 631 g/mol. The second kappa shape index (κ2) is 14.5. The molecular weight excluding hydrogens is 588 g/mol. The third kappa shape index (κ3) is 6.59. The Morgan fingerprint density at radius 1 is 0.617 bits per heavy atom. The fourth-order valence-electron chi connectivity index (χ4n) is 6.40. The molecule has 0 amide bonds. The molecule has 6 heteroatoms. The first kappa shape index (κ1) is 33.3. The number of carbonyl (C=O) groups excluding carboxylic acids is 2. The van der Waals surface area contributed by atoms with Crippen LogP contribution in [0.5, 0.6) is 11.5 Å². The zero-order valence-electron chi connectivity index (χ0n) is 27.7. The highest BCUT2D eigenvalue weighted by atomic mass is 16.7. The van der Waals surface area contributed by atoms with Gasteiger partial charge < -0.3 is 18.9 Å². The number of fused-ring (bicyclic) bond motifs is 3. The lowest BCUT2D eigenvalue weighted by molar-refractivity contribution is -0.146. The molecule has 0 spiro atoms. The van der Waals surface area contributed by atoms with Gasteiger partial charge in [0.25, 0.3) is 0 Å². The first-order chi connectivity index (χ1) is 22.7. The van der Waals surface area contributed by atoms with Gasteiger partial charge in [-0.2, -0.15) is 0 Å². The van der Waals surface area contributed by atoms with Gasteiger partial charge in [-0.15, -0.1) is 0 Å². The minimum Gasteiger partial charge on any atom is -0.457 e. The number of esters is 2. The van der Waals surface area contributed by atoms with Gasteiger partial charge in [0.1, 0.15) is 11.5 Å². The van der Waals surface area contributed by atoms with E-state index in [-0.39, 0.29) is 13.6 Å². The molecule has 4 aromatic carbocycles. The summed E-state index contributed by atoms with van der Waals surface area (Å²) in [5.74, 6) is 0.390. The number of hydrogen-bond donors (Lipinski definition) is 0. The quantitative estimate of drug-likeness (QED) is 0.0694. The maximum absolute atomic E-state index is 12.0. The number of rotatable bonds is 14. The van der Waals surface area contributed by atoms with Crippen molar-refractivity contribution in [3.63, 3.8) is 0 Å². The molecule has 1 aliphatic carbocycles. The Morgan fingerprint density at radius 2 is 1.02 bits per heavy atom. The summed E-state index contributed by atoms with van der Waals surface area (Å²) in [5, 5.41) is 0. The molecule has 0 unspecified atom stereocenters. The normalized spacial score (nSPS) is 12.4. The monoisotopic (exact) mass is 630 g/mol. The number of aryl methyl sites for hydroxylation is 2. The SMILES string of the molecule is C=C(C)C(=O)OCOc1ccc(C2(c3ccc(OCOC(=O)C(=C)C)c(CCC)c3)c3ccccc3-c3ccccc32)cc1CCC. The molecule has 47 heavy (non-hydrogen) atoms. The van der Waals surface area contributed by atoms with Gasteiger partial charge >= 0.3 is 11.9 Å². The molecule has 0 saturated carbocycles. The van der Waals surface area contributed by atoms with Crippen molar-refractivity contribution >= 4 is 11.9 Å². The van der Waals surface area contributed by atoms with E-state index in [2.05, 4.69) is 99.8 Å². The molecule has 0 fully saturated rings. The third-order valence-corrected chi connectivity index (χ3v) is 8.48. The first-order valence-electron chi connectivity index (χ1n) is 16.1. The highest BCUT2D eigenvalue weighted by Crippen LogP contribution is 2.56. The predicted molar refractivity (Wildman–Crippen MR) is 185 cm³/mol. The van der Waals surface area contributed by atoms with Gasteiger partial charge in [-0.05, 0) is 83.3 Å². The molecule has 0 heterocycles. The van der Waals surface area contributed by atoms with Crippen molar-refractivity contribution in [2.24, 2.45) is 0 Å². The van der Waals surface area contributed by atoms with E-state index in [0.717, 1.165) is 47.9 Å². The number of carbonyl (C=O) groups is 2. The van der Waals surface area contributed by atoms with E-state index in [1.165, 1.54) is 22.3 Å². The lowest BCUT2D eigenvalue weighted by Crippen LogP contribution is -2.29. The zero-order valence-corrected chi connectivity index (χ0v) is 27.7. The van der Waals surface area contributed by atoms with Crippen molar-refractivity contribution in [3.8, 4) is 22.6 Å². The average Bonchev–Trinajstić information content (AvgIpc) is 3.37. The Bertz CT molecular complexity index is 1680. The van der Waals surface area contributed by atoms with Gasteiger partial charge in [-0.3, -0.25) is 0 Å². The summed E-state index contributed by atoms with van der Waals surface area (Å²) in [4.78, 5) is 24.0. The van der Waals surface area contributed by atoms with Crippen molar-refractivity contribution in [3.05, 3.63) is 143 Å². The van der Waals surface area contributed by atoms with Crippen LogP contribution < -0.4 is 9.47 Å². The van der Waals surface area contributed by atoms with Crippen molar-refractivity contribution in [1.82, 2.24) is 0 Å². The van der Waals surface area contributed by atoms with Crippen LogP contribution in [-0.4, -0.2) is 25.5 Å². The molecular formula is C41H42O6. The van der Waals surface area contributed by atoms with Crippen molar-refractivity contribution in [2.45, 2.75) is 58.8 Å². The van der Waals surface area contributed by atoms with Crippen molar-refractivity contribution in [1.29, 1.82) is 0 Å². The van der Waals surface area contributed by atoms with Crippen molar-refractivity contribution < 1.29 is 28.5 Å². The number of ether oxygens (including phenoxy) is 4. The molecule has 0 aromatic heterocycles. The highest BCUT2D eigenvalue weighted by Gasteiger charge is 2.46. The van der Waals surface area contributed by atoms with E-state index in [1.54, 1.807) is 13.8 Å². The van der Waals surface area contributed by atoms with Gasteiger partial charge in [-0.25, -0.2) is 9.59 Å². The van der Waals surface area contributed by atoms with Crippen LogP contribution in [0.25, 0.3) is 11.1 Å². The smallest absolute Gasteiger partial charge is 0.335 e. The predicted octanol–water partition coefficient (Wildman–Crippen LogP) is 8.87. The summed E-state index contributed by atoms with van der Waals surface area (Å²) in [6.07, 6.45) is 3.39. The largest absolute Gasteiger partial charge is 0.457 e. The lowest BCUT2D eigenvalue weighted by atomic mass is 9.67. The Balaban J connectivity index is 1.66. The van der Waals surface area contributed by atoms with E-state index >= 15 is 0 Å². The highest BCUT2D eigenvalue weighted by molar-refractivity contribution is 5.88. The topological polar surface area (TPSA) is 71.1 Å². The van der Waals surface area contributed by atoms with E-state index in [9.17, 15) is 9.59 Å². The summed E-state index contributed by atoms with van der Waals surface area (Å²) in [6, 6.07) is 29.9. The molecule has 0 aliphatic heterocycles. The maximum atomic E-state index is 12.0. The van der Waals surface area contributed by atoms with Gasteiger partial charge in [-0.1, -0.05) is 113 Å². The number of hydrogen-bond acceptors (Lipinski definition) is 6. The van der Waals surface area contributed by atoms with E-state index in [0.29, 0.717) is 22.6 Å². The fraction of sp³-hybridized carbons (Fsp3) is 0.268. The standard InChI is InChI=1S/C41H42O6/c1-7-13-29-23-31(19-21-37(29)44-25-46-39(42)27(3)4)41(35-17-11-9-15-33(35)34-16-10-12-18-36(34)41)32-20-22-38(30(24-32)14-8-2)45-26-47-40(43)28(5)6/h9-12,15-24H,3,5,7-8,13-14,25-26H2,1-2,4,6H3. The van der Waals surface area contributed by atoms with Gasteiger partial charge in [0.05, 0.1) is 5.41 Å². The van der Waals surface area contributed by atoms with Crippen molar-refractivity contribution in [2.75, 3.05) is 13.6 Å². The van der Waals surface area contributed by atoms with Crippen LogP contribution in [0.2, 0.25) is 0 Å². The van der Waals surface area contributed by atoms with Crippen LogP contribution in [0.4, 0.5) is 0 Å². The van der Waals surface area contributed by atoms with Crippen LogP contribution >= 0.6 is 0 Å². The molecule has 4 aromatic rings. The molecule has 5 rings (SSSR count). The molecule has 0 atom stereocenters. The van der Waals surface area contributed by atoms with E-state index < -0.39 is 17.4 Å². The summed E-state index contributed by atoms with van der Waals surface area (Å²) >= 11 is 0. The summed E-state index contributed by atoms with van der Waals surface area (Å²) in [7, 11) is 0. The maximum Gasteiger partial charge on any atom is 0.335 e. The Hall–Kier alpha value is -5.10. The molecule has 0 radical (unpaired) electrons. The number of benzene rings is 4. The third-order valence-electron chi connectivity index (χ3n) is 8.48. The second-order valence-corrected chi connectivity index (χ2v) is 11.9. The molecule has 0 saturated heterocycles. The van der Waals surface area contributed by atoms with Gasteiger partial charge in [0.2, 0.25) is 13.6 Å². The molecule has 6 nitrogen and oxygen atoms in total. The lowest BCUT2D eigenvalue weighted by Gasteiger charge is -2.35. The van der Waals surface area contributed by atoms with Crippen LogP contribution in [0.3, 0.4) is 0 Å². The second-order valence-electron chi connectivity index (χ2n) is 11.9. The molecule has 242 valence electrons. The molecule has 0 N–H and O–H groups in total. The zero-order chi connectivity index (χ0) is 33.6. The first-order valence-corrected chi connectivity index (χ1v) is 16.1. The van der Waals surface area contributed by atoms with Crippen LogP contribution in [0.15, 0.2) is 109 Å². The Morgan fingerprint density at radius 3 is 1.40 bits per heavy atom. The minimum absolute atomic E-state index is 0.192.